The predicted molar refractivity (Wildman–Crippen MR) is 71.2 cm³/mol. The fourth-order valence-electron chi connectivity index (χ4n) is 1.64. The summed E-state index contributed by atoms with van der Waals surface area (Å²) in [5.41, 5.74) is 0. The molecule has 5 nitrogen and oxygen atoms in total. The van der Waals surface area contributed by atoms with Crippen LogP contribution in [-0.4, -0.2) is 48.9 Å². The summed E-state index contributed by atoms with van der Waals surface area (Å²) in [6.07, 6.45) is 3.60. The minimum atomic E-state index is 0.0415. The van der Waals surface area contributed by atoms with E-state index < -0.39 is 0 Å². The van der Waals surface area contributed by atoms with Crippen molar-refractivity contribution in [3.05, 3.63) is 0 Å². The molecule has 0 bridgehead atoms. The van der Waals surface area contributed by atoms with Crippen molar-refractivity contribution in [3.63, 3.8) is 0 Å². The van der Waals surface area contributed by atoms with E-state index in [4.69, 9.17) is 0 Å². The molecule has 1 rings (SSSR count). The minimum absolute atomic E-state index is 0.0415. The van der Waals surface area contributed by atoms with E-state index in [1.165, 1.54) is 0 Å². The van der Waals surface area contributed by atoms with Crippen LogP contribution in [0.3, 0.4) is 0 Å². The van der Waals surface area contributed by atoms with Crippen LogP contribution in [0.15, 0.2) is 0 Å². The first kappa shape index (κ1) is 15.0. The molecule has 104 valence electrons. The van der Waals surface area contributed by atoms with Gasteiger partial charge in [-0.25, -0.2) is 0 Å². The maximum atomic E-state index is 11.7. The number of hydrogen-bond acceptors (Lipinski definition) is 3. The van der Waals surface area contributed by atoms with Gasteiger partial charge in [-0.2, -0.15) is 0 Å². The highest BCUT2D eigenvalue weighted by atomic mass is 16.2. The Kier molecular flexibility index (Phi) is 6.12. The lowest BCUT2D eigenvalue weighted by Crippen LogP contribution is -2.39. The third-order valence-electron chi connectivity index (χ3n) is 3.31. The van der Waals surface area contributed by atoms with Crippen LogP contribution in [0.25, 0.3) is 0 Å². The van der Waals surface area contributed by atoms with E-state index in [1.54, 1.807) is 4.90 Å². The molecule has 1 unspecified atom stereocenters. The average Bonchev–Trinajstić information content (AvgIpc) is 3.17. The first-order chi connectivity index (χ1) is 8.54. The zero-order valence-corrected chi connectivity index (χ0v) is 11.7. The summed E-state index contributed by atoms with van der Waals surface area (Å²) in [6.45, 7) is 4.89. The molecule has 1 aliphatic carbocycles. The molecule has 0 spiro atoms. The van der Waals surface area contributed by atoms with Crippen molar-refractivity contribution in [2.24, 2.45) is 0 Å². The van der Waals surface area contributed by atoms with Gasteiger partial charge in [0.1, 0.15) is 0 Å². The van der Waals surface area contributed by atoms with Crippen molar-refractivity contribution >= 4 is 11.8 Å². The van der Waals surface area contributed by atoms with Crippen LogP contribution in [0, 0.1) is 0 Å². The Morgan fingerprint density at radius 1 is 1.39 bits per heavy atom. The Hall–Kier alpha value is -1.10. The molecular weight excluding hydrogens is 230 g/mol. The average molecular weight is 255 g/mol. The highest BCUT2D eigenvalue weighted by Crippen LogP contribution is 2.24. The summed E-state index contributed by atoms with van der Waals surface area (Å²) in [5.74, 6) is 0.152. The van der Waals surface area contributed by atoms with Crippen molar-refractivity contribution in [1.82, 2.24) is 15.5 Å². The van der Waals surface area contributed by atoms with E-state index in [2.05, 4.69) is 10.6 Å². The monoisotopic (exact) mass is 255 g/mol. The minimum Gasteiger partial charge on any atom is -0.354 e. The molecule has 5 heteroatoms. The van der Waals surface area contributed by atoms with Gasteiger partial charge in [-0.15, -0.1) is 0 Å². The molecular formula is C13H25N3O2. The zero-order chi connectivity index (χ0) is 13.5. The van der Waals surface area contributed by atoms with Gasteiger partial charge in [0, 0.05) is 32.1 Å². The number of rotatable bonds is 8. The van der Waals surface area contributed by atoms with Gasteiger partial charge in [0.05, 0.1) is 6.54 Å². The highest BCUT2D eigenvalue weighted by Gasteiger charge is 2.28. The number of nitrogens with zero attached hydrogens (tertiary/aromatic N) is 1. The molecule has 2 amide bonds. The van der Waals surface area contributed by atoms with Gasteiger partial charge in [0.2, 0.25) is 11.8 Å². The summed E-state index contributed by atoms with van der Waals surface area (Å²) in [4.78, 5) is 24.9. The Morgan fingerprint density at radius 3 is 2.61 bits per heavy atom. The molecule has 0 saturated heterocycles. The molecule has 0 aromatic heterocycles. The normalized spacial score (nSPS) is 16.2. The summed E-state index contributed by atoms with van der Waals surface area (Å²) >= 11 is 0. The summed E-state index contributed by atoms with van der Waals surface area (Å²) < 4.78 is 0. The van der Waals surface area contributed by atoms with E-state index in [0.29, 0.717) is 25.6 Å². The van der Waals surface area contributed by atoms with Crippen LogP contribution >= 0.6 is 0 Å². The second-order valence-corrected chi connectivity index (χ2v) is 5.04. The lowest BCUT2D eigenvalue weighted by atomic mass is 10.2. The van der Waals surface area contributed by atoms with Gasteiger partial charge in [-0.3, -0.25) is 9.59 Å². The van der Waals surface area contributed by atoms with Crippen molar-refractivity contribution in [2.75, 3.05) is 20.1 Å². The summed E-state index contributed by atoms with van der Waals surface area (Å²) in [6, 6.07) is 0.674. The summed E-state index contributed by atoms with van der Waals surface area (Å²) in [7, 11) is 1.84. The highest BCUT2D eigenvalue weighted by molar-refractivity contribution is 5.79. The maximum absolute atomic E-state index is 11.7. The lowest BCUT2D eigenvalue weighted by molar-refractivity contribution is -0.129. The van der Waals surface area contributed by atoms with Crippen LogP contribution in [0.2, 0.25) is 0 Å². The second-order valence-electron chi connectivity index (χ2n) is 5.04. The first-order valence-electron chi connectivity index (χ1n) is 6.80. The van der Waals surface area contributed by atoms with Gasteiger partial charge in [0.25, 0.3) is 0 Å². The largest absolute Gasteiger partial charge is 0.354 e. The number of likely N-dealkylation sites (N-methyl/N-ethyl adjacent to an activating group) is 1. The standard InChI is InChI=1S/C13H25N3O2/c1-4-10(2)15-12(17)7-8-14-9-13(18)16(3)11-5-6-11/h10-11,14H,4-9H2,1-3H3,(H,15,17). The van der Waals surface area contributed by atoms with Crippen molar-refractivity contribution in [3.8, 4) is 0 Å². The lowest BCUT2D eigenvalue weighted by Gasteiger charge is -2.16. The van der Waals surface area contributed by atoms with E-state index in [9.17, 15) is 9.59 Å². The molecule has 1 aliphatic rings. The van der Waals surface area contributed by atoms with Crippen molar-refractivity contribution in [2.45, 2.75) is 51.6 Å². The van der Waals surface area contributed by atoms with Gasteiger partial charge >= 0.3 is 0 Å². The number of carbonyl (C=O) groups excluding carboxylic acids is 2. The molecule has 18 heavy (non-hydrogen) atoms. The van der Waals surface area contributed by atoms with E-state index >= 15 is 0 Å². The van der Waals surface area contributed by atoms with Crippen LogP contribution in [0.5, 0.6) is 0 Å². The van der Waals surface area contributed by atoms with Crippen LogP contribution in [0.1, 0.15) is 39.5 Å². The SMILES string of the molecule is CCC(C)NC(=O)CCNCC(=O)N(C)C1CC1. The maximum Gasteiger partial charge on any atom is 0.236 e. The Morgan fingerprint density at radius 2 is 2.06 bits per heavy atom. The predicted octanol–water partition coefficient (Wildman–Crippen LogP) is 0.502. The third-order valence-corrected chi connectivity index (χ3v) is 3.31. The van der Waals surface area contributed by atoms with E-state index in [1.807, 2.05) is 20.9 Å². The molecule has 1 fully saturated rings. The second kappa shape index (κ2) is 7.36. The Bertz CT molecular complexity index is 290. The third kappa shape index (κ3) is 5.49. The number of nitrogens with one attached hydrogen (secondary N) is 2. The fraction of sp³-hybridized carbons (Fsp3) is 0.846. The topological polar surface area (TPSA) is 61.4 Å². The first-order valence-corrected chi connectivity index (χ1v) is 6.80. The smallest absolute Gasteiger partial charge is 0.236 e. The van der Waals surface area contributed by atoms with Crippen LogP contribution in [0.4, 0.5) is 0 Å². The van der Waals surface area contributed by atoms with Crippen molar-refractivity contribution in [1.29, 1.82) is 0 Å². The molecule has 0 aromatic carbocycles. The van der Waals surface area contributed by atoms with Crippen LogP contribution in [-0.2, 0) is 9.59 Å². The molecule has 0 radical (unpaired) electrons. The molecule has 1 atom stereocenters. The number of carbonyl (C=O) groups is 2. The number of hydrogen-bond donors (Lipinski definition) is 2. The molecule has 0 aliphatic heterocycles. The Labute approximate surface area is 109 Å². The van der Waals surface area contributed by atoms with Crippen LogP contribution < -0.4 is 10.6 Å². The van der Waals surface area contributed by atoms with E-state index in [0.717, 1.165) is 19.3 Å². The van der Waals surface area contributed by atoms with Gasteiger partial charge in [0.15, 0.2) is 0 Å². The van der Waals surface area contributed by atoms with Gasteiger partial charge in [-0.05, 0) is 26.2 Å². The fourth-order valence-corrected chi connectivity index (χ4v) is 1.64. The molecule has 0 heterocycles. The number of amides is 2. The van der Waals surface area contributed by atoms with Gasteiger partial charge in [-0.1, -0.05) is 6.92 Å². The molecule has 2 N–H and O–H groups in total. The molecule has 0 aromatic rings. The van der Waals surface area contributed by atoms with E-state index in [-0.39, 0.29) is 17.9 Å². The Balaban J connectivity index is 2.03. The summed E-state index contributed by atoms with van der Waals surface area (Å²) in [5, 5.41) is 5.91. The zero-order valence-electron chi connectivity index (χ0n) is 11.7. The molecule has 1 saturated carbocycles. The quantitative estimate of drug-likeness (QED) is 0.621. The van der Waals surface area contributed by atoms with Gasteiger partial charge < -0.3 is 15.5 Å². The van der Waals surface area contributed by atoms with Crippen molar-refractivity contribution < 1.29 is 9.59 Å².